The molecule has 15 heavy (non-hydrogen) atoms. The van der Waals surface area contributed by atoms with Crippen molar-refractivity contribution in [3.63, 3.8) is 0 Å². The van der Waals surface area contributed by atoms with Crippen LogP contribution in [0, 0.1) is 5.92 Å². The van der Waals surface area contributed by atoms with E-state index in [1.165, 1.54) is 51.7 Å². The summed E-state index contributed by atoms with van der Waals surface area (Å²) in [6, 6.07) is 0.826. The summed E-state index contributed by atoms with van der Waals surface area (Å²) in [4.78, 5) is 2.58. The molecule has 0 aliphatic carbocycles. The van der Waals surface area contributed by atoms with Crippen LogP contribution in [0.25, 0.3) is 0 Å². The zero-order valence-corrected chi connectivity index (χ0v) is 10.8. The maximum absolute atomic E-state index is 3.48. The molecule has 0 amide bonds. The van der Waals surface area contributed by atoms with Crippen molar-refractivity contribution in [1.82, 2.24) is 10.2 Å². The lowest BCUT2D eigenvalue weighted by atomic mass is 10.1. The Bertz CT molecular complexity index is 149. The van der Waals surface area contributed by atoms with Gasteiger partial charge in [0.2, 0.25) is 0 Å². The Balaban J connectivity index is 2.16. The van der Waals surface area contributed by atoms with E-state index in [2.05, 4.69) is 31.1 Å². The quantitative estimate of drug-likeness (QED) is 0.753. The van der Waals surface area contributed by atoms with Crippen molar-refractivity contribution in [3.8, 4) is 0 Å². The van der Waals surface area contributed by atoms with Gasteiger partial charge in [-0.05, 0) is 64.7 Å². The van der Waals surface area contributed by atoms with Crippen LogP contribution in [-0.2, 0) is 0 Å². The maximum Gasteiger partial charge on any atom is 0.0105 e. The van der Waals surface area contributed by atoms with Crippen molar-refractivity contribution < 1.29 is 0 Å². The summed E-state index contributed by atoms with van der Waals surface area (Å²) in [6.07, 6.45) is 6.79. The molecule has 1 atom stereocenters. The molecule has 0 spiro atoms. The summed E-state index contributed by atoms with van der Waals surface area (Å²) >= 11 is 0. The van der Waals surface area contributed by atoms with Gasteiger partial charge in [-0.15, -0.1) is 0 Å². The molecular weight excluding hydrogens is 184 g/mol. The highest BCUT2D eigenvalue weighted by molar-refractivity contribution is 4.73. The van der Waals surface area contributed by atoms with E-state index in [0.717, 1.165) is 12.0 Å². The molecule has 1 saturated heterocycles. The molecule has 1 fully saturated rings. The number of hydrogen-bond acceptors (Lipinski definition) is 2. The maximum atomic E-state index is 3.48. The molecule has 0 bridgehead atoms. The molecule has 1 heterocycles. The second kappa shape index (κ2) is 7.24. The predicted octanol–water partition coefficient (Wildman–Crippen LogP) is 2.50. The van der Waals surface area contributed by atoms with Gasteiger partial charge in [-0.25, -0.2) is 0 Å². The number of nitrogens with one attached hydrogen (secondary N) is 1. The first-order valence-corrected chi connectivity index (χ1v) is 6.61. The van der Waals surface area contributed by atoms with Gasteiger partial charge in [-0.2, -0.15) is 0 Å². The van der Waals surface area contributed by atoms with E-state index in [1.54, 1.807) is 0 Å². The molecule has 1 unspecified atom stereocenters. The van der Waals surface area contributed by atoms with Crippen LogP contribution in [0.3, 0.4) is 0 Å². The van der Waals surface area contributed by atoms with Crippen LogP contribution in [0.2, 0.25) is 0 Å². The molecule has 1 rings (SSSR count). The molecule has 0 aromatic rings. The van der Waals surface area contributed by atoms with E-state index in [9.17, 15) is 0 Å². The number of hydrogen-bond donors (Lipinski definition) is 1. The van der Waals surface area contributed by atoms with Crippen LogP contribution in [0.1, 0.15) is 46.0 Å². The van der Waals surface area contributed by atoms with Gasteiger partial charge < -0.3 is 10.2 Å². The first-order chi connectivity index (χ1) is 7.20. The van der Waals surface area contributed by atoms with E-state index < -0.39 is 0 Å². The van der Waals surface area contributed by atoms with E-state index >= 15 is 0 Å². The number of rotatable bonds is 5. The van der Waals surface area contributed by atoms with Gasteiger partial charge in [0, 0.05) is 6.04 Å². The highest BCUT2D eigenvalue weighted by Crippen LogP contribution is 2.13. The van der Waals surface area contributed by atoms with Gasteiger partial charge in [0.15, 0.2) is 0 Å². The largest absolute Gasteiger partial charge is 0.317 e. The first-order valence-electron chi connectivity index (χ1n) is 6.61. The summed E-state index contributed by atoms with van der Waals surface area (Å²) in [6.45, 7) is 8.34. The predicted molar refractivity (Wildman–Crippen MR) is 67.2 cm³/mol. The van der Waals surface area contributed by atoms with E-state index in [4.69, 9.17) is 0 Å². The second-order valence-corrected chi connectivity index (χ2v) is 5.35. The average Bonchev–Trinajstić information content (AvgIpc) is 2.44. The topological polar surface area (TPSA) is 15.3 Å². The van der Waals surface area contributed by atoms with E-state index in [-0.39, 0.29) is 0 Å². The summed E-state index contributed by atoms with van der Waals surface area (Å²) < 4.78 is 0. The Morgan fingerprint density at radius 1 is 1.27 bits per heavy atom. The first kappa shape index (κ1) is 13.0. The standard InChI is InChI=1S/C13H28N2/c1-12(2)6-5-11-15(3)13-7-4-9-14-10-8-13/h12-14H,4-11H2,1-3H3. The van der Waals surface area contributed by atoms with Gasteiger partial charge in [-0.1, -0.05) is 13.8 Å². The molecule has 2 heteroatoms. The van der Waals surface area contributed by atoms with E-state index in [0.29, 0.717) is 0 Å². The Hall–Kier alpha value is -0.0800. The molecule has 0 aromatic carbocycles. The monoisotopic (exact) mass is 212 g/mol. The fourth-order valence-electron chi connectivity index (χ4n) is 2.37. The minimum atomic E-state index is 0.826. The Morgan fingerprint density at radius 2 is 2.07 bits per heavy atom. The average molecular weight is 212 g/mol. The molecule has 1 aliphatic rings. The van der Waals surface area contributed by atoms with Crippen LogP contribution >= 0.6 is 0 Å². The Labute approximate surface area is 95.4 Å². The fraction of sp³-hybridized carbons (Fsp3) is 1.00. The van der Waals surface area contributed by atoms with Gasteiger partial charge in [0.25, 0.3) is 0 Å². The third kappa shape index (κ3) is 5.53. The van der Waals surface area contributed by atoms with Crippen molar-refractivity contribution >= 4 is 0 Å². The highest BCUT2D eigenvalue weighted by Gasteiger charge is 2.15. The fourth-order valence-corrected chi connectivity index (χ4v) is 2.37. The van der Waals surface area contributed by atoms with Crippen LogP contribution in [0.5, 0.6) is 0 Å². The summed E-state index contributed by atoms with van der Waals surface area (Å²) in [5.74, 6) is 0.856. The van der Waals surface area contributed by atoms with Crippen LogP contribution in [-0.4, -0.2) is 37.6 Å². The summed E-state index contributed by atoms with van der Waals surface area (Å²) in [5, 5.41) is 3.48. The normalized spacial score (nSPS) is 23.4. The van der Waals surface area contributed by atoms with Gasteiger partial charge in [-0.3, -0.25) is 0 Å². The molecule has 2 nitrogen and oxygen atoms in total. The van der Waals surface area contributed by atoms with E-state index in [1.807, 2.05) is 0 Å². The lowest BCUT2D eigenvalue weighted by Gasteiger charge is -2.27. The molecule has 90 valence electrons. The molecule has 0 radical (unpaired) electrons. The van der Waals surface area contributed by atoms with Crippen molar-refractivity contribution in [2.24, 2.45) is 5.92 Å². The number of nitrogens with zero attached hydrogens (tertiary/aromatic N) is 1. The molecule has 0 saturated carbocycles. The summed E-state index contributed by atoms with van der Waals surface area (Å²) in [7, 11) is 2.30. The van der Waals surface area contributed by atoms with Crippen molar-refractivity contribution in [1.29, 1.82) is 0 Å². The third-order valence-corrected chi connectivity index (χ3v) is 3.46. The Morgan fingerprint density at radius 3 is 2.80 bits per heavy atom. The molecule has 0 aromatic heterocycles. The van der Waals surface area contributed by atoms with Crippen LogP contribution in [0.4, 0.5) is 0 Å². The van der Waals surface area contributed by atoms with Crippen LogP contribution < -0.4 is 5.32 Å². The zero-order valence-electron chi connectivity index (χ0n) is 10.8. The third-order valence-electron chi connectivity index (χ3n) is 3.46. The minimum absolute atomic E-state index is 0.826. The second-order valence-electron chi connectivity index (χ2n) is 5.35. The molecule has 1 N–H and O–H groups in total. The van der Waals surface area contributed by atoms with Gasteiger partial charge in [0.1, 0.15) is 0 Å². The zero-order chi connectivity index (χ0) is 11.1. The lowest BCUT2D eigenvalue weighted by molar-refractivity contribution is 0.217. The van der Waals surface area contributed by atoms with Gasteiger partial charge >= 0.3 is 0 Å². The minimum Gasteiger partial charge on any atom is -0.317 e. The SMILES string of the molecule is CC(C)CCCN(C)C1CCCNCC1. The highest BCUT2D eigenvalue weighted by atomic mass is 15.1. The van der Waals surface area contributed by atoms with Crippen molar-refractivity contribution in [2.75, 3.05) is 26.7 Å². The Kier molecular flexibility index (Phi) is 6.26. The van der Waals surface area contributed by atoms with Gasteiger partial charge in [0.05, 0.1) is 0 Å². The van der Waals surface area contributed by atoms with Crippen LogP contribution in [0.15, 0.2) is 0 Å². The summed E-state index contributed by atoms with van der Waals surface area (Å²) in [5.41, 5.74) is 0. The molecular formula is C13H28N2. The smallest absolute Gasteiger partial charge is 0.0105 e. The molecule has 1 aliphatic heterocycles. The van der Waals surface area contributed by atoms with Crippen molar-refractivity contribution in [3.05, 3.63) is 0 Å². The lowest BCUT2D eigenvalue weighted by Crippen LogP contribution is -2.33. The van der Waals surface area contributed by atoms with Crippen molar-refractivity contribution in [2.45, 2.75) is 52.0 Å².